The maximum absolute atomic E-state index is 5.74. The fraction of sp³-hybridized carbons (Fsp3) is 0.467. The van der Waals surface area contributed by atoms with Crippen LogP contribution in [0.2, 0.25) is 0 Å². The van der Waals surface area contributed by atoms with Gasteiger partial charge in [-0.1, -0.05) is 31.5 Å². The van der Waals surface area contributed by atoms with Crippen molar-refractivity contribution in [3.05, 3.63) is 30.0 Å². The van der Waals surface area contributed by atoms with Crippen LogP contribution >= 0.6 is 0 Å². The molecular formula is C15H21N3O. The Kier molecular flexibility index (Phi) is 5.10. The second kappa shape index (κ2) is 7.04. The molecule has 1 aromatic carbocycles. The summed E-state index contributed by atoms with van der Waals surface area (Å²) in [7, 11) is 0. The van der Waals surface area contributed by atoms with E-state index in [9.17, 15) is 0 Å². The molecule has 2 rings (SSSR count). The van der Waals surface area contributed by atoms with Crippen LogP contribution in [0.3, 0.4) is 0 Å². The number of aromatic nitrogens is 2. The van der Waals surface area contributed by atoms with Crippen LogP contribution in [0, 0.1) is 0 Å². The third kappa shape index (κ3) is 3.89. The summed E-state index contributed by atoms with van der Waals surface area (Å²) in [6, 6.07) is 7.98. The van der Waals surface area contributed by atoms with E-state index in [0.29, 0.717) is 5.95 Å². The number of nitrogen functional groups attached to an aromatic ring is 1. The highest BCUT2D eigenvalue weighted by atomic mass is 16.5. The number of para-hydroxylation sites is 1. The van der Waals surface area contributed by atoms with Gasteiger partial charge < -0.3 is 10.5 Å². The number of anilines is 1. The number of nitrogens with two attached hydrogens (primary N) is 1. The Morgan fingerprint density at radius 1 is 1.11 bits per heavy atom. The molecule has 0 aliphatic heterocycles. The van der Waals surface area contributed by atoms with Crippen molar-refractivity contribution in [2.24, 2.45) is 0 Å². The van der Waals surface area contributed by atoms with E-state index in [0.717, 1.165) is 49.1 Å². The number of benzene rings is 1. The van der Waals surface area contributed by atoms with Gasteiger partial charge in [0.05, 0.1) is 11.2 Å². The molecule has 19 heavy (non-hydrogen) atoms. The summed E-state index contributed by atoms with van der Waals surface area (Å²) in [5.41, 5.74) is 7.67. The molecule has 1 aromatic heterocycles. The molecule has 1 heterocycles. The molecular weight excluding hydrogens is 238 g/mol. The minimum Gasteiger partial charge on any atom is -0.381 e. The highest BCUT2D eigenvalue weighted by molar-refractivity contribution is 5.81. The van der Waals surface area contributed by atoms with Crippen molar-refractivity contribution in [1.82, 2.24) is 9.97 Å². The van der Waals surface area contributed by atoms with E-state index in [1.807, 2.05) is 24.3 Å². The zero-order valence-corrected chi connectivity index (χ0v) is 11.4. The van der Waals surface area contributed by atoms with E-state index in [1.54, 1.807) is 0 Å². The molecule has 2 aromatic rings. The van der Waals surface area contributed by atoms with Gasteiger partial charge >= 0.3 is 0 Å². The van der Waals surface area contributed by atoms with E-state index in [-0.39, 0.29) is 0 Å². The molecule has 0 spiro atoms. The van der Waals surface area contributed by atoms with Crippen LogP contribution in [0.5, 0.6) is 0 Å². The molecule has 2 N–H and O–H groups in total. The van der Waals surface area contributed by atoms with Gasteiger partial charge in [0.25, 0.3) is 0 Å². The number of ether oxygens (including phenoxy) is 1. The van der Waals surface area contributed by atoms with Crippen LogP contribution in [0.4, 0.5) is 5.95 Å². The van der Waals surface area contributed by atoms with Crippen molar-refractivity contribution >= 4 is 16.9 Å². The SMILES string of the molecule is CCCCOCCCc1nc(N)nc2ccccc12. The molecule has 4 heteroatoms. The number of hydrogen-bond acceptors (Lipinski definition) is 4. The average Bonchev–Trinajstić information content (AvgIpc) is 2.42. The smallest absolute Gasteiger partial charge is 0.220 e. The van der Waals surface area contributed by atoms with Crippen molar-refractivity contribution in [1.29, 1.82) is 0 Å². The second-order valence-electron chi connectivity index (χ2n) is 4.62. The molecule has 0 aliphatic carbocycles. The van der Waals surface area contributed by atoms with Gasteiger partial charge in [-0.3, -0.25) is 0 Å². The largest absolute Gasteiger partial charge is 0.381 e. The topological polar surface area (TPSA) is 61.0 Å². The Morgan fingerprint density at radius 3 is 2.74 bits per heavy atom. The minimum atomic E-state index is 0.348. The minimum absolute atomic E-state index is 0.348. The zero-order valence-electron chi connectivity index (χ0n) is 11.4. The molecule has 102 valence electrons. The quantitative estimate of drug-likeness (QED) is 0.776. The van der Waals surface area contributed by atoms with E-state index < -0.39 is 0 Å². The molecule has 0 atom stereocenters. The Bertz CT molecular complexity index is 528. The Labute approximate surface area is 114 Å². The lowest BCUT2D eigenvalue weighted by Crippen LogP contribution is -2.03. The van der Waals surface area contributed by atoms with Crippen molar-refractivity contribution < 1.29 is 4.74 Å². The van der Waals surface area contributed by atoms with Crippen LogP contribution < -0.4 is 5.73 Å². The lowest BCUT2D eigenvalue weighted by Gasteiger charge is -2.07. The van der Waals surface area contributed by atoms with Gasteiger partial charge in [0, 0.05) is 18.6 Å². The summed E-state index contributed by atoms with van der Waals surface area (Å²) in [5.74, 6) is 0.348. The first-order chi connectivity index (χ1) is 9.31. The lowest BCUT2D eigenvalue weighted by atomic mass is 10.1. The summed E-state index contributed by atoms with van der Waals surface area (Å²) in [4.78, 5) is 8.59. The highest BCUT2D eigenvalue weighted by Gasteiger charge is 2.05. The van der Waals surface area contributed by atoms with Gasteiger partial charge in [0.2, 0.25) is 5.95 Å². The summed E-state index contributed by atoms with van der Waals surface area (Å²) in [6.45, 7) is 3.79. The molecule has 4 nitrogen and oxygen atoms in total. The van der Waals surface area contributed by atoms with Gasteiger partial charge in [-0.05, 0) is 25.3 Å². The van der Waals surface area contributed by atoms with Crippen LogP contribution in [0.25, 0.3) is 10.9 Å². The molecule has 0 unspecified atom stereocenters. The van der Waals surface area contributed by atoms with Gasteiger partial charge in [-0.15, -0.1) is 0 Å². The standard InChI is InChI=1S/C15H21N3O/c1-2-3-10-19-11-6-9-14-12-7-4-5-8-13(12)17-15(16)18-14/h4-5,7-8H,2-3,6,9-11H2,1H3,(H2,16,17,18). The second-order valence-corrected chi connectivity index (χ2v) is 4.62. The third-order valence-electron chi connectivity index (χ3n) is 3.04. The van der Waals surface area contributed by atoms with E-state index in [1.165, 1.54) is 6.42 Å². The normalized spacial score (nSPS) is 11.0. The predicted octanol–water partition coefficient (Wildman–Crippen LogP) is 2.96. The summed E-state index contributed by atoms with van der Waals surface area (Å²) in [6.07, 6.45) is 4.14. The molecule has 0 aliphatic rings. The molecule has 0 saturated heterocycles. The number of nitrogens with zero attached hydrogens (tertiary/aromatic N) is 2. The first-order valence-corrected chi connectivity index (χ1v) is 6.90. The number of rotatable bonds is 7. The van der Waals surface area contributed by atoms with Crippen LogP contribution in [-0.2, 0) is 11.2 Å². The van der Waals surface area contributed by atoms with E-state index in [4.69, 9.17) is 10.5 Å². The first kappa shape index (κ1) is 13.7. The molecule has 0 fully saturated rings. The Hall–Kier alpha value is -1.68. The highest BCUT2D eigenvalue weighted by Crippen LogP contribution is 2.17. The van der Waals surface area contributed by atoms with Crippen LogP contribution in [0.1, 0.15) is 31.9 Å². The predicted molar refractivity (Wildman–Crippen MR) is 78.0 cm³/mol. The fourth-order valence-corrected chi connectivity index (χ4v) is 2.04. The number of hydrogen-bond donors (Lipinski definition) is 1. The number of aryl methyl sites for hydroxylation is 1. The molecule has 0 bridgehead atoms. The van der Waals surface area contributed by atoms with Gasteiger partial charge in [-0.2, -0.15) is 0 Å². The maximum Gasteiger partial charge on any atom is 0.220 e. The summed E-state index contributed by atoms with van der Waals surface area (Å²) >= 11 is 0. The van der Waals surface area contributed by atoms with Crippen LogP contribution in [-0.4, -0.2) is 23.2 Å². The van der Waals surface area contributed by atoms with Gasteiger partial charge in [0.15, 0.2) is 0 Å². The summed E-state index contributed by atoms with van der Waals surface area (Å²) < 4.78 is 5.56. The van der Waals surface area contributed by atoms with E-state index >= 15 is 0 Å². The van der Waals surface area contributed by atoms with Crippen molar-refractivity contribution in [3.63, 3.8) is 0 Å². The van der Waals surface area contributed by atoms with E-state index in [2.05, 4.69) is 16.9 Å². The average molecular weight is 259 g/mol. The Balaban J connectivity index is 1.96. The lowest BCUT2D eigenvalue weighted by molar-refractivity contribution is 0.129. The van der Waals surface area contributed by atoms with Gasteiger partial charge in [0.1, 0.15) is 0 Å². The zero-order chi connectivity index (χ0) is 13.5. The number of fused-ring (bicyclic) bond motifs is 1. The Morgan fingerprint density at radius 2 is 1.89 bits per heavy atom. The fourth-order valence-electron chi connectivity index (χ4n) is 2.04. The van der Waals surface area contributed by atoms with Crippen molar-refractivity contribution in [3.8, 4) is 0 Å². The maximum atomic E-state index is 5.74. The molecule has 0 radical (unpaired) electrons. The molecule has 0 amide bonds. The third-order valence-corrected chi connectivity index (χ3v) is 3.04. The van der Waals surface area contributed by atoms with Gasteiger partial charge in [-0.25, -0.2) is 9.97 Å². The monoisotopic (exact) mass is 259 g/mol. The van der Waals surface area contributed by atoms with Crippen molar-refractivity contribution in [2.75, 3.05) is 18.9 Å². The molecule has 0 saturated carbocycles. The van der Waals surface area contributed by atoms with Crippen LogP contribution in [0.15, 0.2) is 24.3 Å². The summed E-state index contributed by atoms with van der Waals surface area (Å²) in [5, 5.41) is 1.09. The number of unbranched alkanes of at least 4 members (excludes halogenated alkanes) is 1. The first-order valence-electron chi connectivity index (χ1n) is 6.90. The van der Waals surface area contributed by atoms with Crippen molar-refractivity contribution in [2.45, 2.75) is 32.6 Å².